The van der Waals surface area contributed by atoms with E-state index in [0.29, 0.717) is 23.1 Å². The number of nitrogens with two attached hydrogens (primary N) is 1. The highest BCUT2D eigenvalue weighted by molar-refractivity contribution is 9.10. The van der Waals surface area contributed by atoms with Gasteiger partial charge in [0.2, 0.25) is 0 Å². The lowest BCUT2D eigenvalue weighted by Crippen LogP contribution is -2.00. The van der Waals surface area contributed by atoms with Gasteiger partial charge in [-0.25, -0.2) is 0 Å². The Bertz CT molecular complexity index is 590. The van der Waals surface area contributed by atoms with Gasteiger partial charge in [0.15, 0.2) is 0 Å². The van der Waals surface area contributed by atoms with Gasteiger partial charge in [0.05, 0.1) is 12.8 Å². The van der Waals surface area contributed by atoms with E-state index in [9.17, 15) is 0 Å². The van der Waals surface area contributed by atoms with E-state index in [-0.39, 0.29) is 0 Å². The lowest BCUT2D eigenvalue weighted by molar-refractivity contribution is 0.306. The van der Waals surface area contributed by atoms with E-state index in [1.165, 1.54) is 0 Å². The van der Waals surface area contributed by atoms with Crippen LogP contribution in [0.15, 0.2) is 40.9 Å². The first-order valence-corrected chi connectivity index (χ1v) is 6.77. The highest BCUT2D eigenvalue weighted by Gasteiger charge is 2.06. The Balaban J connectivity index is 2.16. The summed E-state index contributed by atoms with van der Waals surface area (Å²) in [7, 11) is 1.63. The molecule has 0 saturated carbocycles. The maximum atomic E-state index is 5.91. The molecular formula is C14H13BrClNO2. The van der Waals surface area contributed by atoms with E-state index in [4.69, 9.17) is 26.8 Å². The molecule has 0 saturated heterocycles. The second kappa shape index (κ2) is 6.17. The fourth-order valence-corrected chi connectivity index (χ4v) is 2.10. The Hall–Kier alpha value is -1.39. The molecule has 0 aliphatic carbocycles. The van der Waals surface area contributed by atoms with E-state index in [1.54, 1.807) is 25.3 Å². The molecule has 19 heavy (non-hydrogen) atoms. The van der Waals surface area contributed by atoms with Crippen molar-refractivity contribution in [2.75, 3.05) is 12.8 Å². The molecule has 0 spiro atoms. The van der Waals surface area contributed by atoms with Crippen LogP contribution in [0.3, 0.4) is 0 Å². The summed E-state index contributed by atoms with van der Waals surface area (Å²) in [6.45, 7) is 0.377. The first kappa shape index (κ1) is 14.0. The number of anilines is 1. The van der Waals surface area contributed by atoms with Crippen molar-refractivity contribution >= 4 is 33.2 Å². The maximum absolute atomic E-state index is 5.91. The summed E-state index contributed by atoms with van der Waals surface area (Å²) < 4.78 is 11.8. The smallest absolute Gasteiger partial charge is 0.144 e. The van der Waals surface area contributed by atoms with Gasteiger partial charge in [0.1, 0.15) is 18.1 Å². The fourth-order valence-electron chi connectivity index (χ4n) is 1.58. The Morgan fingerprint density at radius 2 is 2.00 bits per heavy atom. The molecular weight excluding hydrogens is 330 g/mol. The quantitative estimate of drug-likeness (QED) is 0.844. The first-order chi connectivity index (χ1) is 9.10. The number of methoxy groups -OCH3 is 1. The molecule has 0 aliphatic heterocycles. The number of benzene rings is 2. The molecule has 0 fully saturated rings. The van der Waals surface area contributed by atoms with Crippen LogP contribution in [-0.2, 0) is 6.61 Å². The van der Waals surface area contributed by atoms with Gasteiger partial charge >= 0.3 is 0 Å². The normalized spacial score (nSPS) is 10.3. The summed E-state index contributed by atoms with van der Waals surface area (Å²) in [6, 6.07) is 10.8. The summed E-state index contributed by atoms with van der Waals surface area (Å²) in [5, 5.41) is 0.592. The van der Waals surface area contributed by atoms with E-state index in [2.05, 4.69) is 15.9 Å². The Kier molecular flexibility index (Phi) is 4.56. The third-order valence-corrected chi connectivity index (χ3v) is 3.62. The molecule has 100 valence electrons. The SMILES string of the molecule is COc1ccc(Br)c(COc2cc(Cl)ccc2N)c1. The standard InChI is InChI=1S/C14H13BrClNO2/c1-18-11-3-4-12(15)9(6-11)8-19-14-7-10(16)2-5-13(14)17/h2-7H,8,17H2,1H3. The average Bonchev–Trinajstić information content (AvgIpc) is 2.41. The third-order valence-electron chi connectivity index (χ3n) is 2.61. The predicted molar refractivity (Wildman–Crippen MR) is 80.9 cm³/mol. The lowest BCUT2D eigenvalue weighted by atomic mass is 10.2. The molecule has 0 aliphatic rings. The van der Waals surface area contributed by atoms with Crippen molar-refractivity contribution in [3.63, 3.8) is 0 Å². The molecule has 2 aromatic rings. The van der Waals surface area contributed by atoms with Gasteiger partial charge in [-0.2, -0.15) is 0 Å². The number of nitrogen functional groups attached to an aromatic ring is 1. The Labute approximate surface area is 125 Å². The number of halogens is 2. The molecule has 2 N–H and O–H groups in total. The van der Waals surface area contributed by atoms with Crippen molar-refractivity contribution in [3.05, 3.63) is 51.5 Å². The largest absolute Gasteiger partial charge is 0.497 e. The molecule has 5 heteroatoms. The maximum Gasteiger partial charge on any atom is 0.144 e. The summed E-state index contributed by atoms with van der Waals surface area (Å²) in [5.74, 6) is 1.35. The number of rotatable bonds is 4. The molecule has 3 nitrogen and oxygen atoms in total. The van der Waals surface area contributed by atoms with Gasteiger partial charge in [0.25, 0.3) is 0 Å². The van der Waals surface area contributed by atoms with Crippen LogP contribution in [0.25, 0.3) is 0 Å². The van der Waals surface area contributed by atoms with Crippen molar-refractivity contribution in [1.29, 1.82) is 0 Å². The highest BCUT2D eigenvalue weighted by Crippen LogP contribution is 2.28. The summed E-state index contributed by atoms with van der Waals surface area (Å²) >= 11 is 9.39. The van der Waals surface area contributed by atoms with Crippen molar-refractivity contribution in [2.45, 2.75) is 6.61 Å². The van der Waals surface area contributed by atoms with Crippen LogP contribution in [0, 0.1) is 0 Å². The van der Waals surface area contributed by atoms with Gasteiger partial charge in [-0.3, -0.25) is 0 Å². The van der Waals surface area contributed by atoms with Crippen LogP contribution in [0.4, 0.5) is 5.69 Å². The molecule has 2 rings (SSSR count). The molecule has 2 aromatic carbocycles. The molecule has 0 unspecified atom stereocenters. The summed E-state index contributed by atoms with van der Waals surface area (Å²) in [4.78, 5) is 0. The van der Waals surface area contributed by atoms with Gasteiger partial charge in [-0.05, 0) is 30.3 Å². The number of hydrogen-bond donors (Lipinski definition) is 1. The van der Waals surface area contributed by atoms with Crippen molar-refractivity contribution in [3.8, 4) is 11.5 Å². The third kappa shape index (κ3) is 3.55. The zero-order valence-corrected chi connectivity index (χ0v) is 12.7. The van der Waals surface area contributed by atoms with E-state index < -0.39 is 0 Å². The molecule has 0 radical (unpaired) electrons. The van der Waals surface area contributed by atoms with Crippen LogP contribution in [0.5, 0.6) is 11.5 Å². The molecule has 0 aromatic heterocycles. The minimum Gasteiger partial charge on any atom is -0.497 e. The van der Waals surface area contributed by atoms with Gasteiger partial charge in [0, 0.05) is 21.1 Å². The zero-order valence-electron chi connectivity index (χ0n) is 10.3. The second-order valence-electron chi connectivity index (χ2n) is 3.93. The summed E-state index contributed by atoms with van der Waals surface area (Å²) in [6.07, 6.45) is 0. The van der Waals surface area contributed by atoms with Crippen LogP contribution >= 0.6 is 27.5 Å². The minimum absolute atomic E-state index is 0.377. The van der Waals surface area contributed by atoms with Crippen LogP contribution in [0.1, 0.15) is 5.56 Å². The first-order valence-electron chi connectivity index (χ1n) is 5.60. The molecule has 0 atom stereocenters. The molecule has 0 amide bonds. The van der Waals surface area contributed by atoms with Gasteiger partial charge < -0.3 is 15.2 Å². The van der Waals surface area contributed by atoms with Gasteiger partial charge in [-0.1, -0.05) is 27.5 Å². The van der Waals surface area contributed by atoms with Crippen molar-refractivity contribution in [2.24, 2.45) is 0 Å². The minimum atomic E-state index is 0.377. The Morgan fingerprint density at radius 3 is 2.74 bits per heavy atom. The fraction of sp³-hybridized carbons (Fsp3) is 0.143. The molecule has 0 bridgehead atoms. The molecule has 0 heterocycles. The number of hydrogen-bond acceptors (Lipinski definition) is 3. The lowest BCUT2D eigenvalue weighted by Gasteiger charge is -2.11. The van der Waals surface area contributed by atoms with Crippen LogP contribution < -0.4 is 15.2 Å². The van der Waals surface area contributed by atoms with Crippen molar-refractivity contribution in [1.82, 2.24) is 0 Å². The average molecular weight is 343 g/mol. The monoisotopic (exact) mass is 341 g/mol. The van der Waals surface area contributed by atoms with E-state index in [0.717, 1.165) is 15.8 Å². The van der Waals surface area contributed by atoms with Crippen molar-refractivity contribution < 1.29 is 9.47 Å². The number of ether oxygens (including phenoxy) is 2. The van der Waals surface area contributed by atoms with Gasteiger partial charge in [-0.15, -0.1) is 0 Å². The topological polar surface area (TPSA) is 44.5 Å². The zero-order chi connectivity index (χ0) is 13.8. The Morgan fingerprint density at radius 1 is 1.21 bits per heavy atom. The van der Waals surface area contributed by atoms with E-state index >= 15 is 0 Å². The predicted octanol–water partition coefficient (Wildman–Crippen LogP) is 4.27. The van der Waals surface area contributed by atoms with E-state index in [1.807, 2.05) is 18.2 Å². The van der Waals surface area contributed by atoms with Crippen LogP contribution in [0.2, 0.25) is 5.02 Å². The van der Waals surface area contributed by atoms with Crippen LogP contribution in [-0.4, -0.2) is 7.11 Å². The highest BCUT2D eigenvalue weighted by atomic mass is 79.9. The second-order valence-corrected chi connectivity index (χ2v) is 5.22. The summed E-state index contributed by atoms with van der Waals surface area (Å²) in [5.41, 5.74) is 7.36.